The summed E-state index contributed by atoms with van der Waals surface area (Å²) in [5.41, 5.74) is 2.42. The number of likely N-dealkylation sites (N-methyl/N-ethyl adjacent to an activating group) is 1. The number of hydrogen-bond donors (Lipinski definition) is 1. The highest BCUT2D eigenvalue weighted by Crippen LogP contribution is 2.53. The van der Waals surface area contributed by atoms with Crippen LogP contribution in [0.2, 0.25) is 0 Å². The van der Waals surface area contributed by atoms with Crippen molar-refractivity contribution >= 4 is 6.09 Å². The van der Waals surface area contributed by atoms with Crippen molar-refractivity contribution in [2.75, 3.05) is 26.7 Å². The Morgan fingerprint density at radius 1 is 1.25 bits per heavy atom. The minimum Gasteiger partial charge on any atom is -0.508 e. The van der Waals surface area contributed by atoms with Crippen LogP contribution in [0.4, 0.5) is 4.79 Å². The van der Waals surface area contributed by atoms with Crippen LogP contribution in [-0.4, -0.2) is 59.3 Å². The molecule has 1 aromatic carbocycles. The molecule has 1 amide bonds. The highest BCUT2D eigenvalue weighted by Gasteiger charge is 2.52. The van der Waals surface area contributed by atoms with E-state index >= 15 is 0 Å². The third-order valence-electron chi connectivity index (χ3n) is 8.36. The van der Waals surface area contributed by atoms with E-state index in [1.807, 2.05) is 37.8 Å². The van der Waals surface area contributed by atoms with Gasteiger partial charge in [0.1, 0.15) is 11.4 Å². The summed E-state index contributed by atoms with van der Waals surface area (Å²) in [5, 5.41) is 10.2. The smallest absolute Gasteiger partial charge is 0.410 e. The summed E-state index contributed by atoms with van der Waals surface area (Å²) in [4.78, 5) is 16.9. The zero-order valence-electron chi connectivity index (χ0n) is 20.9. The number of piperidine rings is 1. The number of amides is 1. The fourth-order valence-corrected chi connectivity index (χ4v) is 6.77. The van der Waals surface area contributed by atoms with Crippen LogP contribution in [0.3, 0.4) is 0 Å². The van der Waals surface area contributed by atoms with Gasteiger partial charge in [-0.3, -0.25) is 0 Å². The van der Waals surface area contributed by atoms with Gasteiger partial charge in [-0.05, 0) is 101 Å². The van der Waals surface area contributed by atoms with E-state index in [4.69, 9.17) is 4.74 Å². The second-order valence-corrected chi connectivity index (χ2v) is 11.9. The normalized spacial score (nSPS) is 30.8. The molecule has 4 atom stereocenters. The molecule has 1 aromatic rings. The van der Waals surface area contributed by atoms with Crippen molar-refractivity contribution < 1.29 is 14.6 Å². The quantitative estimate of drug-likeness (QED) is 0.699. The summed E-state index contributed by atoms with van der Waals surface area (Å²) >= 11 is 0. The van der Waals surface area contributed by atoms with E-state index in [2.05, 4.69) is 31.9 Å². The monoisotopic (exact) mass is 442 g/mol. The number of likely N-dealkylation sites (tertiary alicyclic amines) is 1. The Balaban J connectivity index is 1.44. The molecular formula is C27H42N2O3. The topological polar surface area (TPSA) is 53.0 Å². The third-order valence-corrected chi connectivity index (χ3v) is 8.36. The molecule has 0 spiro atoms. The van der Waals surface area contributed by atoms with E-state index in [1.54, 1.807) is 0 Å². The van der Waals surface area contributed by atoms with Gasteiger partial charge in [0.05, 0.1) is 0 Å². The van der Waals surface area contributed by atoms with Crippen LogP contribution in [0.15, 0.2) is 18.2 Å². The van der Waals surface area contributed by atoms with Crippen LogP contribution < -0.4 is 0 Å². The van der Waals surface area contributed by atoms with Gasteiger partial charge in [0.15, 0.2) is 0 Å². The summed E-state index contributed by atoms with van der Waals surface area (Å²) in [6, 6.07) is 6.52. The largest absolute Gasteiger partial charge is 0.508 e. The Kier molecular flexibility index (Phi) is 6.26. The minimum atomic E-state index is -0.441. The van der Waals surface area contributed by atoms with E-state index in [9.17, 15) is 9.90 Å². The number of aromatic hydroxyl groups is 1. The fraction of sp³-hybridized carbons (Fsp3) is 0.741. The SMILES string of the molecule is CC1CC[C@@]2(C)c3cc(O)ccc3C[C@@H]1[C@@H]2N(C)CC1CCN(C(=O)OC(C)(C)C)CC1. The van der Waals surface area contributed by atoms with E-state index < -0.39 is 5.60 Å². The standard InChI is InChI=1S/C27H42N2O3/c1-18-9-12-27(5)23-16-21(30)8-7-20(23)15-22(18)24(27)28(6)17-19-10-13-29(14-11-19)25(31)32-26(2,3)4/h7-8,16,18-19,22,24,30H,9-15,17H2,1-6H3/t18?,22-,24-,27-/m0/s1. The molecule has 1 saturated heterocycles. The molecule has 178 valence electrons. The van der Waals surface area contributed by atoms with Crippen molar-refractivity contribution in [3.05, 3.63) is 29.3 Å². The first-order chi connectivity index (χ1) is 15.0. The maximum atomic E-state index is 12.4. The van der Waals surface area contributed by atoms with Crippen LogP contribution in [0.5, 0.6) is 5.75 Å². The number of carbonyl (C=O) groups excluding carboxylic acids is 1. The number of carbonyl (C=O) groups is 1. The molecule has 0 aromatic heterocycles. The average Bonchev–Trinajstić information content (AvgIpc) is 2.71. The van der Waals surface area contributed by atoms with Gasteiger partial charge in [-0.2, -0.15) is 0 Å². The highest BCUT2D eigenvalue weighted by molar-refractivity contribution is 5.68. The van der Waals surface area contributed by atoms with Crippen LogP contribution in [0.1, 0.15) is 71.4 Å². The van der Waals surface area contributed by atoms with Gasteiger partial charge in [0, 0.05) is 31.1 Å². The lowest BCUT2D eigenvalue weighted by molar-refractivity contribution is -0.00271. The molecule has 5 nitrogen and oxygen atoms in total. The van der Waals surface area contributed by atoms with Crippen LogP contribution in [-0.2, 0) is 16.6 Å². The number of benzene rings is 1. The lowest BCUT2D eigenvalue weighted by Gasteiger charge is -2.57. The molecule has 1 saturated carbocycles. The van der Waals surface area contributed by atoms with Gasteiger partial charge in [-0.25, -0.2) is 4.79 Å². The van der Waals surface area contributed by atoms with Gasteiger partial charge in [0.2, 0.25) is 0 Å². The van der Waals surface area contributed by atoms with E-state index in [-0.39, 0.29) is 11.5 Å². The summed E-state index contributed by atoms with van der Waals surface area (Å²) in [7, 11) is 2.31. The predicted molar refractivity (Wildman–Crippen MR) is 128 cm³/mol. The molecule has 1 unspecified atom stereocenters. The zero-order chi connectivity index (χ0) is 23.3. The highest BCUT2D eigenvalue weighted by atomic mass is 16.6. The summed E-state index contributed by atoms with van der Waals surface area (Å²) in [6.45, 7) is 13.3. The summed E-state index contributed by atoms with van der Waals surface area (Å²) in [6.07, 6.45) is 5.43. The molecule has 1 N–H and O–H groups in total. The van der Waals surface area contributed by atoms with Crippen LogP contribution >= 0.6 is 0 Å². The molecule has 1 aliphatic heterocycles. The lowest BCUT2D eigenvalue weighted by atomic mass is 9.54. The molecule has 2 fully saturated rings. The van der Waals surface area contributed by atoms with Gasteiger partial charge in [-0.15, -0.1) is 0 Å². The van der Waals surface area contributed by atoms with Gasteiger partial charge in [-0.1, -0.05) is 19.9 Å². The first kappa shape index (κ1) is 23.4. The number of hydrogen-bond acceptors (Lipinski definition) is 4. The summed E-state index contributed by atoms with van der Waals surface area (Å²) < 4.78 is 5.56. The van der Waals surface area contributed by atoms with Crippen molar-refractivity contribution in [1.29, 1.82) is 0 Å². The second-order valence-electron chi connectivity index (χ2n) is 11.9. The van der Waals surface area contributed by atoms with Crippen molar-refractivity contribution in [2.45, 2.75) is 83.8 Å². The Labute approximate surface area is 194 Å². The van der Waals surface area contributed by atoms with Crippen LogP contribution in [0, 0.1) is 17.8 Å². The first-order valence-corrected chi connectivity index (χ1v) is 12.5. The van der Waals surface area contributed by atoms with E-state index in [0.29, 0.717) is 29.5 Å². The number of phenols is 1. The first-order valence-electron chi connectivity index (χ1n) is 12.5. The number of phenolic OH excluding ortho intramolecular Hbond substituents is 1. The van der Waals surface area contributed by atoms with E-state index in [1.165, 1.54) is 24.0 Å². The molecular weight excluding hydrogens is 400 g/mol. The number of nitrogens with zero attached hydrogens (tertiary/aromatic N) is 2. The Morgan fingerprint density at radius 3 is 2.59 bits per heavy atom. The zero-order valence-corrected chi connectivity index (χ0v) is 20.9. The van der Waals surface area contributed by atoms with Gasteiger partial charge < -0.3 is 19.6 Å². The second kappa shape index (κ2) is 8.55. The number of rotatable bonds is 3. The molecule has 32 heavy (non-hydrogen) atoms. The van der Waals surface area contributed by atoms with Crippen molar-refractivity contribution in [1.82, 2.24) is 9.80 Å². The predicted octanol–water partition coefficient (Wildman–Crippen LogP) is 5.20. The Morgan fingerprint density at radius 2 is 1.94 bits per heavy atom. The molecule has 1 heterocycles. The maximum Gasteiger partial charge on any atom is 0.410 e. The van der Waals surface area contributed by atoms with Crippen molar-refractivity contribution in [3.63, 3.8) is 0 Å². The molecule has 0 radical (unpaired) electrons. The van der Waals surface area contributed by atoms with E-state index in [0.717, 1.165) is 38.9 Å². The molecule has 4 rings (SSSR count). The maximum absolute atomic E-state index is 12.4. The molecule has 3 aliphatic rings. The van der Waals surface area contributed by atoms with Gasteiger partial charge >= 0.3 is 6.09 Å². The summed E-state index contributed by atoms with van der Waals surface area (Å²) in [5.74, 6) is 2.35. The molecule has 2 aliphatic carbocycles. The average molecular weight is 443 g/mol. The third kappa shape index (κ3) is 4.50. The number of ether oxygens (including phenoxy) is 1. The Bertz CT molecular complexity index is 840. The Hall–Kier alpha value is -1.75. The molecule has 5 heteroatoms. The van der Waals surface area contributed by atoms with Crippen molar-refractivity contribution in [3.8, 4) is 5.75 Å². The van der Waals surface area contributed by atoms with Crippen molar-refractivity contribution in [2.24, 2.45) is 17.8 Å². The van der Waals surface area contributed by atoms with Gasteiger partial charge in [0.25, 0.3) is 0 Å². The fourth-order valence-electron chi connectivity index (χ4n) is 6.77. The minimum absolute atomic E-state index is 0.0788. The molecule has 2 bridgehead atoms. The van der Waals surface area contributed by atoms with Crippen LogP contribution in [0.25, 0.3) is 0 Å². The number of fused-ring (bicyclic) bond motifs is 4. The lowest BCUT2D eigenvalue weighted by Crippen LogP contribution is -2.60.